The number of likely N-dealkylation sites (tertiary alicyclic amines) is 1. The van der Waals surface area contributed by atoms with E-state index >= 15 is 0 Å². The van der Waals surface area contributed by atoms with Crippen LogP contribution < -0.4 is 10.1 Å². The number of benzene rings is 2. The second kappa shape index (κ2) is 13.9. The van der Waals surface area contributed by atoms with Crippen LogP contribution in [0.1, 0.15) is 61.5 Å². The van der Waals surface area contributed by atoms with Crippen molar-refractivity contribution in [2.75, 3.05) is 18.4 Å². The number of carbonyl (C=O) groups excluding carboxylic acids is 2. The number of pyridine rings is 1. The van der Waals surface area contributed by atoms with Crippen LogP contribution in [-0.4, -0.2) is 45.0 Å². The molecule has 1 N–H and O–H groups in total. The molecule has 1 saturated heterocycles. The van der Waals surface area contributed by atoms with Crippen LogP contribution in [0.2, 0.25) is 0 Å². The van der Waals surface area contributed by atoms with Crippen molar-refractivity contribution in [3.8, 4) is 35.7 Å². The molecule has 4 heterocycles. The summed E-state index contributed by atoms with van der Waals surface area (Å²) in [5.74, 6) is 1.63. The van der Waals surface area contributed by atoms with Gasteiger partial charge in [0.1, 0.15) is 11.3 Å². The van der Waals surface area contributed by atoms with E-state index < -0.39 is 0 Å². The number of piperidine rings is 1. The van der Waals surface area contributed by atoms with Gasteiger partial charge in [-0.25, -0.2) is 4.98 Å². The van der Waals surface area contributed by atoms with Gasteiger partial charge in [-0.1, -0.05) is 68.5 Å². The van der Waals surface area contributed by atoms with Crippen molar-refractivity contribution >= 4 is 28.3 Å². The molecule has 0 atom stereocenters. The number of rotatable bonds is 3. The molecule has 0 spiro atoms. The molecule has 8 nitrogen and oxygen atoms in total. The fraction of sp³-hybridized carbons (Fsp3) is 0.303. The first-order valence-electron chi connectivity index (χ1n) is 13.8. The zero-order chi connectivity index (χ0) is 30.1. The number of fused-ring (bicyclic) bond motifs is 2. The predicted molar refractivity (Wildman–Crippen MR) is 167 cm³/mol. The number of terminal acetylenes is 1. The second-order valence-electron chi connectivity index (χ2n) is 10.9. The summed E-state index contributed by atoms with van der Waals surface area (Å²) in [5, 5.41) is 10.5. The highest BCUT2D eigenvalue weighted by Gasteiger charge is 2.22. The van der Waals surface area contributed by atoms with Gasteiger partial charge >= 0.3 is 0 Å². The third-order valence-electron chi connectivity index (χ3n) is 6.83. The van der Waals surface area contributed by atoms with Gasteiger partial charge in [0.05, 0.1) is 5.69 Å². The zero-order valence-electron chi connectivity index (χ0n) is 24.2. The number of nitrogens with one attached hydrogen (secondary N) is 1. The maximum absolute atomic E-state index is 12.6. The lowest BCUT2D eigenvalue weighted by Gasteiger charge is -2.26. The van der Waals surface area contributed by atoms with Crippen LogP contribution in [0.25, 0.3) is 11.3 Å². The maximum atomic E-state index is 12.6. The van der Waals surface area contributed by atoms with Crippen molar-refractivity contribution < 1.29 is 14.3 Å². The van der Waals surface area contributed by atoms with Gasteiger partial charge in [0.2, 0.25) is 16.9 Å². The highest BCUT2D eigenvalue weighted by molar-refractivity contribution is 7.13. The first-order valence-corrected chi connectivity index (χ1v) is 14.7. The lowest BCUT2D eigenvalue weighted by Crippen LogP contribution is -2.35. The molecule has 2 aliphatic rings. The van der Waals surface area contributed by atoms with Crippen LogP contribution >= 0.6 is 11.3 Å². The maximum Gasteiger partial charge on any atom is 0.253 e. The van der Waals surface area contributed by atoms with Gasteiger partial charge in [-0.2, -0.15) is 0 Å². The number of ether oxygens (including phenoxy) is 1. The summed E-state index contributed by atoms with van der Waals surface area (Å²) in [5.41, 5.74) is 6.07. The standard InChI is InChI=1S/C24H22N2O2.C7H11N3OS.C2H2/c27-24(26-14-4-1-5-15-26)18-10-8-17(9-11-18)21-13-12-20-16-19-6-2-3-7-22(19)28-23(20)25-21;1-7(2,3)5(11)9-6-10-8-4-12-6;1-2/h2-3,6-13H,1,4-5,14-16H2;4H,1-3H3,(H,9,10,11);1-2H. The molecule has 4 aromatic rings. The van der Waals surface area contributed by atoms with Gasteiger partial charge in [-0.15, -0.1) is 23.0 Å². The summed E-state index contributed by atoms with van der Waals surface area (Å²) in [4.78, 5) is 30.7. The van der Waals surface area contributed by atoms with Crippen molar-refractivity contribution in [3.63, 3.8) is 0 Å². The first kappa shape index (κ1) is 30.4. The normalized spacial score (nSPS) is 13.5. The van der Waals surface area contributed by atoms with Crippen molar-refractivity contribution in [1.29, 1.82) is 0 Å². The number of nitrogens with zero attached hydrogens (tertiary/aromatic N) is 4. The molecule has 216 valence electrons. The van der Waals surface area contributed by atoms with Crippen LogP contribution in [-0.2, 0) is 11.2 Å². The molecule has 2 aromatic carbocycles. The molecule has 0 bridgehead atoms. The number of anilines is 1. The Labute approximate surface area is 251 Å². The molecular weight excluding hydrogens is 546 g/mol. The Hall–Kier alpha value is -4.55. The topological polar surface area (TPSA) is 97.3 Å². The average Bonchev–Trinajstić information content (AvgIpc) is 3.54. The Morgan fingerprint density at radius 2 is 1.64 bits per heavy atom. The quantitative estimate of drug-likeness (QED) is 0.234. The second-order valence-corrected chi connectivity index (χ2v) is 11.8. The largest absolute Gasteiger partial charge is 0.438 e. The fourth-order valence-corrected chi connectivity index (χ4v) is 4.93. The van der Waals surface area contributed by atoms with E-state index in [2.05, 4.69) is 40.5 Å². The first-order chi connectivity index (χ1) is 20.3. The number of para-hydroxylation sites is 1. The molecule has 42 heavy (non-hydrogen) atoms. The third-order valence-corrected chi connectivity index (χ3v) is 7.44. The highest BCUT2D eigenvalue weighted by atomic mass is 32.1. The number of hydrogen-bond donors (Lipinski definition) is 1. The Bertz CT molecular complexity index is 1520. The molecule has 0 unspecified atom stereocenters. The molecule has 0 radical (unpaired) electrons. The number of aromatic nitrogens is 3. The summed E-state index contributed by atoms with van der Waals surface area (Å²) in [6, 6.07) is 19.9. The summed E-state index contributed by atoms with van der Waals surface area (Å²) < 4.78 is 6.01. The van der Waals surface area contributed by atoms with E-state index in [4.69, 9.17) is 9.72 Å². The molecule has 1 fully saturated rings. The molecule has 9 heteroatoms. The Kier molecular flexibility index (Phi) is 10.0. The Morgan fingerprint density at radius 3 is 2.31 bits per heavy atom. The number of carbonyl (C=O) groups is 2. The molecule has 6 rings (SSSR count). The van der Waals surface area contributed by atoms with Crippen molar-refractivity contribution in [1.82, 2.24) is 20.1 Å². The van der Waals surface area contributed by atoms with Crippen molar-refractivity contribution in [2.45, 2.75) is 46.5 Å². The Morgan fingerprint density at radius 1 is 0.929 bits per heavy atom. The summed E-state index contributed by atoms with van der Waals surface area (Å²) >= 11 is 1.31. The van der Waals surface area contributed by atoms with E-state index in [1.165, 1.54) is 23.3 Å². The van der Waals surface area contributed by atoms with Gasteiger partial charge in [-0.05, 0) is 49.1 Å². The van der Waals surface area contributed by atoms with Crippen LogP contribution in [0.4, 0.5) is 5.13 Å². The lowest BCUT2D eigenvalue weighted by molar-refractivity contribution is -0.123. The summed E-state index contributed by atoms with van der Waals surface area (Å²) in [7, 11) is 0. The van der Waals surface area contributed by atoms with E-state index in [1.807, 2.05) is 74.2 Å². The summed E-state index contributed by atoms with van der Waals surface area (Å²) in [6.45, 7) is 7.29. The van der Waals surface area contributed by atoms with Gasteiger partial charge < -0.3 is 15.0 Å². The smallest absolute Gasteiger partial charge is 0.253 e. The van der Waals surface area contributed by atoms with E-state index in [-0.39, 0.29) is 17.2 Å². The fourth-order valence-electron chi connectivity index (χ4n) is 4.49. The van der Waals surface area contributed by atoms with Crippen LogP contribution in [0.15, 0.2) is 66.2 Å². The molecule has 2 aromatic heterocycles. The van der Waals surface area contributed by atoms with Gasteiger partial charge in [-0.3, -0.25) is 9.59 Å². The summed E-state index contributed by atoms with van der Waals surface area (Å²) in [6.07, 6.45) is 12.3. The minimum absolute atomic E-state index is 0.0424. The monoisotopic (exact) mass is 581 g/mol. The predicted octanol–water partition coefficient (Wildman–Crippen LogP) is 6.84. The van der Waals surface area contributed by atoms with Crippen molar-refractivity contribution in [3.05, 3.63) is 82.9 Å². The molecule has 2 amide bonds. The van der Waals surface area contributed by atoms with Gasteiger partial charge in [0.25, 0.3) is 5.91 Å². The number of amides is 2. The van der Waals surface area contributed by atoms with E-state index in [0.717, 1.165) is 60.5 Å². The Balaban J connectivity index is 0.000000244. The molecular formula is C33H35N5O3S. The van der Waals surface area contributed by atoms with E-state index in [9.17, 15) is 9.59 Å². The number of hydrogen-bond acceptors (Lipinski definition) is 7. The molecule has 2 aliphatic heterocycles. The third kappa shape index (κ3) is 7.59. The van der Waals surface area contributed by atoms with E-state index in [0.29, 0.717) is 11.0 Å². The van der Waals surface area contributed by atoms with Gasteiger partial charge in [0, 0.05) is 41.6 Å². The minimum atomic E-state index is -0.383. The van der Waals surface area contributed by atoms with Crippen molar-refractivity contribution in [2.24, 2.45) is 5.41 Å². The van der Waals surface area contributed by atoms with Crippen LogP contribution in [0.5, 0.6) is 11.6 Å². The zero-order valence-corrected chi connectivity index (χ0v) is 25.0. The molecule has 0 aliphatic carbocycles. The van der Waals surface area contributed by atoms with Crippen LogP contribution in [0, 0.1) is 18.3 Å². The van der Waals surface area contributed by atoms with E-state index in [1.54, 1.807) is 5.51 Å². The molecule has 0 saturated carbocycles. The van der Waals surface area contributed by atoms with Crippen LogP contribution in [0.3, 0.4) is 0 Å². The highest BCUT2D eigenvalue weighted by Crippen LogP contribution is 2.36. The average molecular weight is 582 g/mol. The van der Waals surface area contributed by atoms with Gasteiger partial charge in [0.15, 0.2) is 0 Å². The lowest BCUT2D eigenvalue weighted by atomic mass is 9.96. The SMILES string of the molecule is C#C.CC(C)(C)C(=O)Nc1nncs1.O=C(c1ccc(-c2ccc3c(n2)Oc2ccccc2C3)cc1)N1CCCCC1. The minimum Gasteiger partial charge on any atom is -0.438 e.